The van der Waals surface area contributed by atoms with E-state index < -0.39 is 23.6 Å². The molecule has 1 aromatic rings. The Balaban J connectivity index is 2.59. The Morgan fingerprint density at radius 3 is 2.84 bits per heavy atom. The number of halogens is 2. The number of carbonyl (C=O) groups excluding carboxylic acids is 1. The topological polar surface area (TPSA) is 66.4 Å². The van der Waals surface area contributed by atoms with E-state index in [0.29, 0.717) is 4.47 Å². The zero-order valence-electron chi connectivity index (χ0n) is 10.2. The van der Waals surface area contributed by atoms with E-state index >= 15 is 0 Å². The summed E-state index contributed by atoms with van der Waals surface area (Å²) in [6, 6.07) is 4.38. The van der Waals surface area contributed by atoms with Crippen LogP contribution in [0.5, 0.6) is 0 Å². The summed E-state index contributed by atoms with van der Waals surface area (Å²) in [5.74, 6) is -2.55. The molecule has 4 nitrogen and oxygen atoms in total. The minimum Gasteiger partial charge on any atom is -0.481 e. The molecule has 102 valence electrons. The second-order valence-corrected chi connectivity index (χ2v) is 4.90. The van der Waals surface area contributed by atoms with Gasteiger partial charge in [-0.15, -0.1) is 0 Å². The average Bonchev–Trinajstić information content (AvgIpc) is 2.36. The summed E-state index contributed by atoms with van der Waals surface area (Å²) in [7, 11) is 0. The molecule has 1 aromatic carbocycles. The molecule has 19 heavy (non-hydrogen) atoms. The van der Waals surface area contributed by atoms with Gasteiger partial charge in [0.1, 0.15) is 5.82 Å². The summed E-state index contributed by atoms with van der Waals surface area (Å²) in [6.45, 7) is 1.51. The maximum atomic E-state index is 13.4. The molecule has 6 heteroatoms. The smallest absolute Gasteiger partial charge is 0.308 e. The van der Waals surface area contributed by atoms with Crippen LogP contribution in [-0.2, 0) is 9.59 Å². The van der Waals surface area contributed by atoms with E-state index in [4.69, 9.17) is 5.11 Å². The van der Waals surface area contributed by atoms with E-state index in [0.717, 1.165) is 0 Å². The zero-order valence-corrected chi connectivity index (χ0v) is 11.8. The number of carboxylic acid groups (broad SMARTS) is 1. The van der Waals surface area contributed by atoms with Gasteiger partial charge in [0, 0.05) is 22.7 Å². The van der Waals surface area contributed by atoms with Gasteiger partial charge in [0.15, 0.2) is 0 Å². The second kappa shape index (κ2) is 7.04. The molecule has 1 rings (SSSR count). The maximum Gasteiger partial charge on any atom is 0.308 e. The Bertz CT molecular complexity index is 517. The first kappa shape index (κ1) is 15.4. The first-order chi connectivity index (χ1) is 8.90. The van der Waals surface area contributed by atoms with Gasteiger partial charge in [-0.25, -0.2) is 4.39 Å². The molecule has 1 amide bonds. The van der Waals surface area contributed by atoms with Crippen LogP contribution in [0.15, 0.2) is 28.7 Å². The monoisotopic (exact) mass is 329 g/mol. The van der Waals surface area contributed by atoms with Crippen molar-refractivity contribution in [2.24, 2.45) is 5.92 Å². The van der Waals surface area contributed by atoms with Crippen molar-refractivity contribution in [3.63, 3.8) is 0 Å². The van der Waals surface area contributed by atoms with Crippen molar-refractivity contribution in [3.05, 3.63) is 40.1 Å². The number of hydrogen-bond acceptors (Lipinski definition) is 2. The van der Waals surface area contributed by atoms with Crippen LogP contribution in [0.25, 0.3) is 6.08 Å². The third-order valence-corrected chi connectivity index (χ3v) is 2.87. The molecule has 0 saturated carbocycles. The quantitative estimate of drug-likeness (QED) is 0.815. The van der Waals surface area contributed by atoms with Crippen LogP contribution in [-0.4, -0.2) is 23.5 Å². The number of carboxylic acids is 1. The minimum absolute atomic E-state index is 0.0273. The first-order valence-electron chi connectivity index (χ1n) is 5.54. The lowest BCUT2D eigenvalue weighted by atomic mass is 10.2. The van der Waals surface area contributed by atoms with Gasteiger partial charge in [0.25, 0.3) is 0 Å². The Hall–Kier alpha value is -1.69. The Morgan fingerprint density at radius 1 is 1.53 bits per heavy atom. The Morgan fingerprint density at radius 2 is 2.21 bits per heavy atom. The number of aliphatic carboxylic acids is 1. The van der Waals surface area contributed by atoms with E-state index in [1.54, 1.807) is 12.1 Å². The minimum atomic E-state index is -0.984. The van der Waals surface area contributed by atoms with E-state index in [1.165, 1.54) is 25.1 Å². The molecule has 0 bridgehead atoms. The Kier molecular flexibility index (Phi) is 5.69. The van der Waals surface area contributed by atoms with Crippen LogP contribution in [0.1, 0.15) is 12.5 Å². The summed E-state index contributed by atoms with van der Waals surface area (Å²) < 4.78 is 14.1. The van der Waals surface area contributed by atoms with Crippen molar-refractivity contribution in [1.29, 1.82) is 0 Å². The number of hydrogen-bond donors (Lipinski definition) is 2. The lowest BCUT2D eigenvalue weighted by Crippen LogP contribution is -2.30. The van der Waals surface area contributed by atoms with Crippen molar-refractivity contribution in [2.75, 3.05) is 6.54 Å². The van der Waals surface area contributed by atoms with Crippen molar-refractivity contribution >= 4 is 33.9 Å². The van der Waals surface area contributed by atoms with Gasteiger partial charge in [0.05, 0.1) is 5.92 Å². The van der Waals surface area contributed by atoms with E-state index in [9.17, 15) is 14.0 Å². The van der Waals surface area contributed by atoms with Crippen LogP contribution < -0.4 is 5.32 Å². The highest BCUT2D eigenvalue weighted by Crippen LogP contribution is 2.16. The van der Waals surface area contributed by atoms with Crippen molar-refractivity contribution in [1.82, 2.24) is 5.32 Å². The van der Waals surface area contributed by atoms with Crippen LogP contribution in [0, 0.1) is 11.7 Å². The number of rotatable bonds is 5. The van der Waals surface area contributed by atoms with E-state index in [1.807, 2.05) is 0 Å². The molecule has 0 radical (unpaired) electrons. The summed E-state index contributed by atoms with van der Waals surface area (Å²) in [5.41, 5.74) is 0.274. The summed E-state index contributed by atoms with van der Waals surface area (Å²) in [6.07, 6.45) is 2.50. The molecule has 1 atom stereocenters. The van der Waals surface area contributed by atoms with E-state index in [2.05, 4.69) is 21.2 Å². The number of carbonyl (C=O) groups is 2. The molecule has 0 aliphatic rings. The highest BCUT2D eigenvalue weighted by atomic mass is 79.9. The van der Waals surface area contributed by atoms with Gasteiger partial charge in [-0.1, -0.05) is 22.9 Å². The lowest BCUT2D eigenvalue weighted by molar-refractivity contribution is -0.141. The zero-order chi connectivity index (χ0) is 14.4. The predicted octanol–water partition coefficient (Wildman–Crippen LogP) is 2.44. The molecule has 0 heterocycles. The van der Waals surface area contributed by atoms with Crippen LogP contribution in [0.3, 0.4) is 0 Å². The molecule has 0 saturated heterocycles. The number of nitrogens with one attached hydrogen (secondary N) is 1. The standard InChI is InChI=1S/C13H13BrFNO3/c1-8(13(18)19)7-16-12(17)5-2-9-6-10(14)3-4-11(9)15/h2-6,8H,7H2,1H3,(H,16,17)(H,18,19). The van der Waals surface area contributed by atoms with Gasteiger partial charge in [0.2, 0.25) is 5.91 Å². The predicted molar refractivity (Wildman–Crippen MR) is 72.9 cm³/mol. The molecule has 0 aromatic heterocycles. The first-order valence-corrected chi connectivity index (χ1v) is 6.33. The molecule has 0 spiro atoms. The maximum absolute atomic E-state index is 13.4. The largest absolute Gasteiger partial charge is 0.481 e. The molecular formula is C13H13BrFNO3. The summed E-state index contributed by atoms with van der Waals surface area (Å²) >= 11 is 3.20. The Labute approximate surface area is 118 Å². The molecule has 2 N–H and O–H groups in total. The fourth-order valence-electron chi connectivity index (χ4n) is 1.21. The third-order valence-electron chi connectivity index (χ3n) is 2.38. The van der Waals surface area contributed by atoms with Crippen molar-refractivity contribution in [2.45, 2.75) is 6.92 Å². The molecule has 1 unspecified atom stereocenters. The van der Waals surface area contributed by atoms with Gasteiger partial charge >= 0.3 is 5.97 Å². The summed E-state index contributed by atoms with van der Waals surface area (Å²) in [5, 5.41) is 11.1. The highest BCUT2D eigenvalue weighted by Gasteiger charge is 2.10. The molecule has 0 fully saturated rings. The van der Waals surface area contributed by atoms with Gasteiger partial charge in [-0.3, -0.25) is 9.59 Å². The van der Waals surface area contributed by atoms with Crippen LogP contribution >= 0.6 is 15.9 Å². The molecular weight excluding hydrogens is 317 g/mol. The lowest BCUT2D eigenvalue weighted by Gasteiger charge is -2.05. The fourth-order valence-corrected chi connectivity index (χ4v) is 1.59. The van der Waals surface area contributed by atoms with E-state index in [-0.39, 0.29) is 12.1 Å². The van der Waals surface area contributed by atoms with Crippen LogP contribution in [0.4, 0.5) is 4.39 Å². The van der Waals surface area contributed by atoms with Crippen molar-refractivity contribution in [3.8, 4) is 0 Å². The highest BCUT2D eigenvalue weighted by molar-refractivity contribution is 9.10. The average molecular weight is 330 g/mol. The summed E-state index contributed by atoms with van der Waals surface area (Å²) in [4.78, 5) is 22.0. The number of amides is 1. The number of benzene rings is 1. The third kappa shape index (κ3) is 5.21. The molecule has 0 aliphatic carbocycles. The van der Waals surface area contributed by atoms with Crippen LogP contribution in [0.2, 0.25) is 0 Å². The van der Waals surface area contributed by atoms with Gasteiger partial charge < -0.3 is 10.4 Å². The second-order valence-electron chi connectivity index (χ2n) is 3.98. The van der Waals surface area contributed by atoms with Gasteiger partial charge in [-0.05, 0) is 24.3 Å². The fraction of sp³-hybridized carbons (Fsp3) is 0.231. The van der Waals surface area contributed by atoms with Gasteiger partial charge in [-0.2, -0.15) is 0 Å². The molecule has 0 aliphatic heterocycles. The van der Waals surface area contributed by atoms with Crippen molar-refractivity contribution < 1.29 is 19.1 Å². The normalized spacial score (nSPS) is 12.4. The SMILES string of the molecule is CC(CNC(=O)C=Cc1cc(Br)ccc1F)C(=O)O.